The van der Waals surface area contributed by atoms with Gasteiger partial charge in [0.25, 0.3) is 0 Å². The van der Waals surface area contributed by atoms with E-state index in [0.717, 1.165) is 24.8 Å². The van der Waals surface area contributed by atoms with E-state index in [1.807, 2.05) is 11.8 Å². The zero-order valence-corrected chi connectivity index (χ0v) is 21.4. The van der Waals surface area contributed by atoms with Crippen molar-refractivity contribution in [3.8, 4) is 0 Å². The highest BCUT2D eigenvalue weighted by atomic mass is 32.2. The van der Waals surface area contributed by atoms with Crippen LogP contribution in [-0.2, 0) is 4.74 Å². The highest BCUT2D eigenvalue weighted by Gasteiger charge is 2.31. The van der Waals surface area contributed by atoms with Crippen LogP contribution in [0.1, 0.15) is 90.9 Å². The van der Waals surface area contributed by atoms with Gasteiger partial charge in [0.15, 0.2) is 0 Å². The van der Waals surface area contributed by atoms with Crippen LogP contribution in [0.3, 0.4) is 0 Å². The van der Waals surface area contributed by atoms with Gasteiger partial charge in [0.2, 0.25) is 0 Å². The molecule has 0 saturated carbocycles. The van der Waals surface area contributed by atoms with Crippen LogP contribution in [0.4, 0.5) is 13.2 Å². The third kappa shape index (κ3) is 24.5. The summed E-state index contributed by atoms with van der Waals surface area (Å²) in [6, 6.07) is 1.44. The molecule has 0 aliphatic carbocycles. The van der Waals surface area contributed by atoms with E-state index in [9.17, 15) is 13.2 Å². The minimum absolute atomic E-state index is 0.348. The van der Waals surface area contributed by atoms with E-state index in [4.69, 9.17) is 4.74 Å². The Morgan fingerprint density at radius 2 is 1.21 bits per heavy atom. The minimum Gasteiger partial charge on any atom is -0.378 e. The molecule has 0 atom stereocenters. The molecule has 0 bridgehead atoms. The fraction of sp³-hybridized carbons (Fsp3) is 1.00. The van der Waals surface area contributed by atoms with Crippen LogP contribution in [-0.4, -0.2) is 38.5 Å². The molecule has 176 valence electrons. The first-order valence-electron chi connectivity index (χ1n) is 11.9. The largest absolute Gasteiger partial charge is 0.388 e. The zero-order valence-electron chi connectivity index (χ0n) is 19.5. The average molecular weight is 457 g/mol. The summed E-state index contributed by atoms with van der Waals surface area (Å²) in [5, 5.41) is 0. The molecule has 0 spiro atoms. The van der Waals surface area contributed by atoms with Crippen molar-refractivity contribution in [2.45, 2.75) is 128 Å². The van der Waals surface area contributed by atoms with E-state index in [1.165, 1.54) is 70.0 Å². The topological polar surface area (TPSA) is 9.23 Å². The predicted octanol–water partition coefficient (Wildman–Crippen LogP) is 9.10. The molecule has 29 heavy (non-hydrogen) atoms. The molecule has 0 N–H and O–H groups in total. The standard InChI is InChI=1S/C23H47F3OSSi/c1-22(2)27-17-19-28-18-14-12-10-8-6-5-7-9-11-13-15-20-29(3,4)21-16-23(24,25)26/h22H,5-21H2,1-4H3. The van der Waals surface area contributed by atoms with Gasteiger partial charge in [-0.15, -0.1) is 0 Å². The summed E-state index contributed by atoms with van der Waals surface area (Å²) in [5.74, 6) is 2.38. The van der Waals surface area contributed by atoms with Gasteiger partial charge in [-0.2, -0.15) is 24.9 Å². The van der Waals surface area contributed by atoms with Crippen LogP contribution in [0, 0.1) is 0 Å². The van der Waals surface area contributed by atoms with E-state index < -0.39 is 20.7 Å². The predicted molar refractivity (Wildman–Crippen MR) is 127 cm³/mol. The molecular weight excluding hydrogens is 409 g/mol. The van der Waals surface area contributed by atoms with Crippen LogP contribution in [0.2, 0.25) is 25.2 Å². The van der Waals surface area contributed by atoms with E-state index >= 15 is 0 Å². The molecular formula is C23H47F3OSSi. The first-order chi connectivity index (χ1) is 13.6. The highest BCUT2D eigenvalue weighted by Crippen LogP contribution is 2.29. The molecule has 0 amide bonds. The Morgan fingerprint density at radius 3 is 1.69 bits per heavy atom. The summed E-state index contributed by atoms with van der Waals surface area (Å²) in [6.45, 7) is 9.26. The summed E-state index contributed by atoms with van der Waals surface area (Å²) < 4.78 is 42.6. The first kappa shape index (κ1) is 29.3. The van der Waals surface area contributed by atoms with Crippen molar-refractivity contribution in [2.75, 3.05) is 18.1 Å². The number of halogens is 3. The van der Waals surface area contributed by atoms with Crippen molar-refractivity contribution in [2.24, 2.45) is 0 Å². The zero-order chi connectivity index (χ0) is 22.0. The Kier molecular flexibility index (Phi) is 18.1. The number of ether oxygens (including phenoxy) is 1. The fourth-order valence-corrected chi connectivity index (χ4v) is 6.69. The lowest BCUT2D eigenvalue weighted by atomic mass is 10.1. The van der Waals surface area contributed by atoms with Gasteiger partial charge in [0.1, 0.15) is 0 Å². The molecule has 0 fully saturated rings. The van der Waals surface area contributed by atoms with Gasteiger partial charge < -0.3 is 4.74 Å². The maximum atomic E-state index is 12.4. The maximum absolute atomic E-state index is 12.4. The number of rotatable bonds is 20. The molecule has 0 heterocycles. The molecule has 0 aliphatic heterocycles. The highest BCUT2D eigenvalue weighted by molar-refractivity contribution is 7.99. The van der Waals surface area contributed by atoms with Crippen molar-refractivity contribution in [1.82, 2.24) is 0 Å². The lowest BCUT2D eigenvalue weighted by Crippen LogP contribution is -2.27. The van der Waals surface area contributed by atoms with Crippen LogP contribution in [0.25, 0.3) is 0 Å². The second-order valence-electron chi connectivity index (χ2n) is 9.45. The van der Waals surface area contributed by atoms with Gasteiger partial charge in [-0.3, -0.25) is 0 Å². The Labute approximate surface area is 184 Å². The molecule has 0 aromatic rings. The summed E-state index contributed by atoms with van der Waals surface area (Å²) >= 11 is 2.01. The van der Waals surface area contributed by atoms with E-state index in [2.05, 4.69) is 26.9 Å². The van der Waals surface area contributed by atoms with E-state index in [-0.39, 0.29) is 0 Å². The van der Waals surface area contributed by atoms with Crippen molar-refractivity contribution >= 4 is 19.8 Å². The molecule has 0 aliphatic rings. The Morgan fingerprint density at radius 1 is 0.724 bits per heavy atom. The summed E-state index contributed by atoms with van der Waals surface area (Å²) in [4.78, 5) is 0. The second kappa shape index (κ2) is 17.9. The first-order valence-corrected chi connectivity index (χ1v) is 16.5. The summed E-state index contributed by atoms with van der Waals surface area (Å²) in [5.41, 5.74) is 0. The number of hydrogen-bond donors (Lipinski definition) is 0. The molecule has 0 radical (unpaired) electrons. The summed E-state index contributed by atoms with van der Waals surface area (Å²) in [6.07, 6.45) is 10.1. The van der Waals surface area contributed by atoms with Gasteiger partial charge in [0.05, 0.1) is 12.7 Å². The van der Waals surface area contributed by atoms with Gasteiger partial charge in [-0.1, -0.05) is 83.3 Å². The van der Waals surface area contributed by atoms with Crippen LogP contribution in [0.15, 0.2) is 0 Å². The van der Waals surface area contributed by atoms with Gasteiger partial charge in [0, 0.05) is 20.2 Å². The van der Waals surface area contributed by atoms with Crippen LogP contribution in [0.5, 0.6) is 0 Å². The minimum atomic E-state index is -3.98. The maximum Gasteiger partial charge on any atom is 0.388 e. The van der Waals surface area contributed by atoms with Crippen LogP contribution >= 0.6 is 11.8 Å². The van der Waals surface area contributed by atoms with Crippen molar-refractivity contribution in [3.05, 3.63) is 0 Å². The number of hydrogen-bond acceptors (Lipinski definition) is 2. The molecule has 0 aromatic heterocycles. The summed E-state index contributed by atoms with van der Waals surface area (Å²) in [7, 11) is -1.65. The molecule has 6 heteroatoms. The number of unbranched alkanes of at least 4 members (excludes halogenated alkanes) is 10. The molecule has 0 rings (SSSR count). The van der Waals surface area contributed by atoms with Crippen LogP contribution < -0.4 is 0 Å². The Hall–Kier alpha value is 0.317. The smallest absolute Gasteiger partial charge is 0.378 e. The Bertz CT molecular complexity index is 363. The van der Waals surface area contributed by atoms with Gasteiger partial charge >= 0.3 is 6.18 Å². The van der Waals surface area contributed by atoms with Gasteiger partial charge in [-0.25, -0.2) is 0 Å². The molecule has 0 saturated heterocycles. The SMILES string of the molecule is CC(C)OCCSCCCCCCCCCCCCC[Si](C)(C)CCC(F)(F)F. The molecule has 0 aromatic carbocycles. The second-order valence-corrected chi connectivity index (χ2v) is 16.0. The number of thioether (sulfide) groups is 1. The monoisotopic (exact) mass is 456 g/mol. The lowest BCUT2D eigenvalue weighted by Gasteiger charge is -2.23. The normalized spacial score (nSPS) is 12.8. The van der Waals surface area contributed by atoms with Crippen molar-refractivity contribution < 1.29 is 17.9 Å². The fourth-order valence-electron chi connectivity index (χ4n) is 3.45. The number of alkyl halides is 3. The van der Waals surface area contributed by atoms with Crippen molar-refractivity contribution in [1.29, 1.82) is 0 Å². The Balaban J connectivity index is 3.26. The third-order valence-corrected chi connectivity index (χ3v) is 9.75. The quantitative estimate of drug-likeness (QED) is 0.133. The third-order valence-electron chi connectivity index (χ3n) is 5.41. The molecule has 1 nitrogen and oxygen atoms in total. The van der Waals surface area contributed by atoms with Gasteiger partial charge in [-0.05, 0) is 32.1 Å². The van der Waals surface area contributed by atoms with E-state index in [0.29, 0.717) is 12.1 Å². The molecule has 0 unspecified atom stereocenters. The lowest BCUT2D eigenvalue weighted by molar-refractivity contribution is -0.130. The van der Waals surface area contributed by atoms with Crippen molar-refractivity contribution in [3.63, 3.8) is 0 Å². The average Bonchev–Trinajstić information content (AvgIpc) is 2.62. The van der Waals surface area contributed by atoms with E-state index in [1.54, 1.807) is 0 Å².